The number of nitrogens with zero attached hydrogens (tertiary/aromatic N) is 1. The van der Waals surface area contributed by atoms with E-state index >= 15 is 0 Å². The quantitative estimate of drug-likeness (QED) is 0.659. The Labute approximate surface area is 74.2 Å². The van der Waals surface area contributed by atoms with E-state index in [-0.39, 0.29) is 10.6 Å². The standard InChI is InChI=1S/C6H5ClNO3S/c1-8-3-6(12(7,10)11)2-5(8)4-9/h2-3H,1H3. The van der Waals surface area contributed by atoms with Gasteiger partial charge < -0.3 is 4.57 Å². The van der Waals surface area contributed by atoms with Crippen molar-refractivity contribution in [3.05, 3.63) is 18.0 Å². The molecule has 0 aliphatic carbocycles. The van der Waals surface area contributed by atoms with Crippen molar-refractivity contribution in [3.8, 4) is 0 Å². The molecule has 0 aliphatic heterocycles. The van der Waals surface area contributed by atoms with Crippen LogP contribution in [0, 0.1) is 0 Å². The molecule has 0 saturated heterocycles. The van der Waals surface area contributed by atoms with Crippen LogP contribution < -0.4 is 0 Å². The molecule has 0 spiro atoms. The van der Waals surface area contributed by atoms with Gasteiger partial charge in [0.15, 0.2) is 0 Å². The number of halogens is 1. The Kier molecular flexibility index (Phi) is 2.25. The van der Waals surface area contributed by atoms with Gasteiger partial charge in [0.1, 0.15) is 4.90 Å². The van der Waals surface area contributed by atoms with Gasteiger partial charge >= 0.3 is 0 Å². The van der Waals surface area contributed by atoms with Crippen LogP contribution in [0.4, 0.5) is 0 Å². The van der Waals surface area contributed by atoms with Crippen LogP contribution in [0.15, 0.2) is 17.2 Å². The molecule has 4 nitrogen and oxygen atoms in total. The molecule has 0 amide bonds. The Hall–Kier alpha value is -0.810. The van der Waals surface area contributed by atoms with Crippen molar-refractivity contribution in [1.29, 1.82) is 0 Å². The summed E-state index contributed by atoms with van der Waals surface area (Å²) in [4.78, 5) is 10.1. The first kappa shape index (κ1) is 9.28. The maximum absolute atomic E-state index is 10.7. The van der Waals surface area contributed by atoms with E-state index in [0.29, 0.717) is 0 Å². The van der Waals surface area contributed by atoms with Crippen LogP contribution in [-0.4, -0.2) is 19.3 Å². The summed E-state index contributed by atoms with van der Waals surface area (Å²) in [6, 6.07) is 1.16. The lowest BCUT2D eigenvalue weighted by Crippen LogP contribution is -1.91. The highest BCUT2D eigenvalue weighted by atomic mass is 35.7. The van der Waals surface area contributed by atoms with Gasteiger partial charge in [0.2, 0.25) is 0 Å². The van der Waals surface area contributed by atoms with Crippen molar-refractivity contribution in [1.82, 2.24) is 4.57 Å². The molecule has 0 fully saturated rings. The second-order valence-electron chi connectivity index (χ2n) is 2.21. The van der Waals surface area contributed by atoms with E-state index < -0.39 is 9.05 Å². The second kappa shape index (κ2) is 2.91. The molecule has 0 unspecified atom stereocenters. The van der Waals surface area contributed by atoms with Crippen LogP contribution in [0.3, 0.4) is 0 Å². The van der Waals surface area contributed by atoms with E-state index in [1.807, 2.05) is 0 Å². The van der Waals surface area contributed by atoms with Crippen LogP contribution >= 0.6 is 10.7 Å². The maximum atomic E-state index is 10.7. The summed E-state index contributed by atoms with van der Waals surface area (Å²) in [6.07, 6.45) is 2.83. The third kappa shape index (κ3) is 1.67. The number of aryl methyl sites for hydroxylation is 1. The molecule has 1 aromatic rings. The van der Waals surface area contributed by atoms with Gasteiger partial charge in [-0.05, 0) is 6.07 Å². The van der Waals surface area contributed by atoms with E-state index in [0.717, 1.165) is 6.07 Å². The summed E-state index contributed by atoms with van der Waals surface area (Å²) >= 11 is 0. The number of hydrogen-bond acceptors (Lipinski definition) is 3. The van der Waals surface area contributed by atoms with E-state index in [1.165, 1.54) is 17.8 Å². The lowest BCUT2D eigenvalue weighted by molar-refractivity contribution is 0.559. The van der Waals surface area contributed by atoms with Crippen LogP contribution in [-0.2, 0) is 20.9 Å². The van der Waals surface area contributed by atoms with Crippen LogP contribution in [0.1, 0.15) is 5.69 Å². The van der Waals surface area contributed by atoms with Crippen LogP contribution in [0.5, 0.6) is 0 Å². The first-order chi connectivity index (χ1) is 5.45. The average molecular weight is 207 g/mol. The SMILES string of the molecule is Cn1cc(S(=O)(=O)Cl)cc1[C]=O. The lowest BCUT2D eigenvalue weighted by atomic mass is 10.5. The molecule has 1 heterocycles. The smallest absolute Gasteiger partial charge is 0.262 e. The summed E-state index contributed by atoms with van der Waals surface area (Å²) in [6.45, 7) is 0. The fourth-order valence-corrected chi connectivity index (χ4v) is 1.56. The fourth-order valence-electron chi connectivity index (χ4n) is 0.769. The molecule has 0 aromatic carbocycles. The molecule has 1 aromatic heterocycles. The Morgan fingerprint density at radius 2 is 2.17 bits per heavy atom. The summed E-state index contributed by atoms with van der Waals surface area (Å²) < 4.78 is 22.8. The average Bonchev–Trinajstić information content (AvgIpc) is 2.29. The van der Waals surface area contributed by atoms with E-state index in [4.69, 9.17) is 10.7 Å². The van der Waals surface area contributed by atoms with Gasteiger partial charge in [-0.1, -0.05) is 0 Å². The maximum Gasteiger partial charge on any atom is 0.262 e. The number of hydrogen-bond donors (Lipinski definition) is 0. The largest absolute Gasteiger partial charge is 0.346 e. The predicted molar refractivity (Wildman–Crippen MR) is 43.2 cm³/mol. The van der Waals surface area contributed by atoms with Crippen molar-refractivity contribution in [2.24, 2.45) is 7.05 Å². The van der Waals surface area contributed by atoms with Gasteiger partial charge in [0.25, 0.3) is 15.3 Å². The van der Waals surface area contributed by atoms with Gasteiger partial charge in [0.05, 0.1) is 5.69 Å². The summed E-state index contributed by atoms with van der Waals surface area (Å²) in [5, 5.41) is 0. The Morgan fingerprint density at radius 1 is 1.58 bits per heavy atom. The zero-order valence-corrected chi connectivity index (χ0v) is 7.69. The van der Waals surface area contributed by atoms with Crippen molar-refractivity contribution in [2.45, 2.75) is 4.90 Å². The fraction of sp³-hybridized carbons (Fsp3) is 0.167. The first-order valence-electron chi connectivity index (χ1n) is 2.94. The molecule has 0 N–H and O–H groups in total. The van der Waals surface area contributed by atoms with E-state index in [9.17, 15) is 13.2 Å². The van der Waals surface area contributed by atoms with Crippen molar-refractivity contribution in [3.63, 3.8) is 0 Å². The van der Waals surface area contributed by atoms with Crippen molar-refractivity contribution in [2.75, 3.05) is 0 Å². The third-order valence-electron chi connectivity index (χ3n) is 1.37. The highest BCUT2D eigenvalue weighted by Gasteiger charge is 2.13. The van der Waals surface area contributed by atoms with Gasteiger partial charge in [-0.3, -0.25) is 4.79 Å². The molecule has 1 radical (unpaired) electrons. The second-order valence-corrected chi connectivity index (χ2v) is 4.78. The number of carbonyl (C=O) groups excluding carboxylic acids is 1. The minimum absolute atomic E-state index is 0.0926. The molecule has 0 bridgehead atoms. The minimum Gasteiger partial charge on any atom is -0.346 e. The van der Waals surface area contributed by atoms with Crippen LogP contribution in [0.2, 0.25) is 0 Å². The van der Waals surface area contributed by atoms with Crippen LogP contribution in [0.25, 0.3) is 0 Å². The van der Waals surface area contributed by atoms with Crippen molar-refractivity contribution >= 4 is 26.0 Å². The predicted octanol–water partition coefficient (Wildman–Crippen LogP) is 0.410. The molecule has 0 atom stereocenters. The van der Waals surface area contributed by atoms with E-state index in [2.05, 4.69) is 0 Å². The number of aromatic nitrogens is 1. The van der Waals surface area contributed by atoms with Gasteiger partial charge in [0, 0.05) is 23.9 Å². The number of rotatable bonds is 2. The highest BCUT2D eigenvalue weighted by molar-refractivity contribution is 8.13. The summed E-state index contributed by atoms with van der Waals surface area (Å²) in [5.74, 6) is 0. The molecule has 12 heavy (non-hydrogen) atoms. The van der Waals surface area contributed by atoms with Crippen molar-refractivity contribution < 1.29 is 13.2 Å². The minimum atomic E-state index is -3.74. The molecule has 1 rings (SSSR count). The summed E-state index contributed by atoms with van der Waals surface area (Å²) in [7, 11) is 2.82. The Balaban J connectivity index is 3.32. The molecular formula is C6H5ClNO3S. The van der Waals surface area contributed by atoms with Gasteiger partial charge in [-0.2, -0.15) is 0 Å². The first-order valence-corrected chi connectivity index (χ1v) is 5.25. The lowest BCUT2D eigenvalue weighted by Gasteiger charge is -1.88. The Morgan fingerprint density at radius 3 is 2.42 bits per heavy atom. The molecule has 0 saturated carbocycles. The molecule has 0 aliphatic rings. The normalized spacial score (nSPS) is 11.5. The van der Waals surface area contributed by atoms with Gasteiger partial charge in [-0.25, -0.2) is 8.42 Å². The Bertz CT molecular complexity index is 406. The molecule has 65 valence electrons. The topological polar surface area (TPSA) is 56.1 Å². The van der Waals surface area contributed by atoms with E-state index in [1.54, 1.807) is 6.29 Å². The molecular weight excluding hydrogens is 202 g/mol. The zero-order valence-electron chi connectivity index (χ0n) is 6.11. The monoisotopic (exact) mass is 206 g/mol. The zero-order chi connectivity index (χ0) is 9.35. The summed E-state index contributed by atoms with van der Waals surface area (Å²) in [5.41, 5.74) is 0.147. The highest BCUT2D eigenvalue weighted by Crippen LogP contribution is 2.16. The third-order valence-corrected chi connectivity index (χ3v) is 2.69. The molecule has 6 heteroatoms. The van der Waals surface area contributed by atoms with Gasteiger partial charge in [-0.15, -0.1) is 0 Å².